The zero-order chi connectivity index (χ0) is 58.1. The van der Waals surface area contributed by atoms with E-state index < -0.39 is 0 Å². The van der Waals surface area contributed by atoms with Gasteiger partial charge < -0.3 is 119 Å². The molecule has 0 bridgehead atoms. The Morgan fingerprint density at radius 1 is 0.235 bits per heavy atom. The Kier molecular flexibility index (Phi) is 30.2. The van der Waals surface area contributed by atoms with E-state index in [2.05, 4.69) is 201 Å². The van der Waals surface area contributed by atoms with Gasteiger partial charge in [0.05, 0.1) is 0 Å². The minimum atomic E-state index is 0. The molecule has 0 spiro atoms. The Morgan fingerprint density at radius 3 is 0.420 bits per heavy atom. The van der Waals surface area contributed by atoms with Crippen molar-refractivity contribution in [3.05, 3.63) is 239 Å². The monoisotopic (exact) mass is 1300 g/mol. The van der Waals surface area contributed by atoms with E-state index in [1.54, 1.807) is 0 Å². The zero-order valence-corrected chi connectivity index (χ0v) is 56.1. The molecular formula is C68H72MoN4S8. The van der Waals surface area contributed by atoms with Crippen molar-refractivity contribution >= 4 is 162 Å². The molecule has 418 valence electrons. The van der Waals surface area contributed by atoms with Crippen LogP contribution >= 0.6 is 48.9 Å². The molecule has 13 heteroatoms. The van der Waals surface area contributed by atoms with Gasteiger partial charge in [0, 0.05) is 45.5 Å². The van der Waals surface area contributed by atoms with Crippen LogP contribution < -0.4 is 19.6 Å². The zero-order valence-electron chi connectivity index (χ0n) is 47.6. The summed E-state index contributed by atoms with van der Waals surface area (Å²) in [5, 5.41) is 0. The molecule has 0 saturated heterocycles. The van der Waals surface area contributed by atoms with Gasteiger partial charge in [-0.1, -0.05) is 218 Å². The van der Waals surface area contributed by atoms with Crippen molar-refractivity contribution in [2.24, 2.45) is 0 Å². The molecule has 8 aromatic carbocycles. The first-order valence-electron chi connectivity index (χ1n) is 27.4. The maximum Gasteiger partial charge on any atom is 4.00 e. The Bertz CT molecular complexity index is 2680. The number of nitrogens with zero attached hydrogens (tertiary/aromatic N) is 4. The molecule has 0 unspecified atom stereocenters. The van der Waals surface area contributed by atoms with Crippen molar-refractivity contribution in [1.82, 2.24) is 0 Å². The van der Waals surface area contributed by atoms with Crippen LogP contribution in [0.3, 0.4) is 0 Å². The number of para-hydroxylation sites is 8. The average molecular weight is 1300 g/mol. The van der Waals surface area contributed by atoms with Gasteiger partial charge >= 0.3 is 21.1 Å². The Labute approximate surface area is 543 Å². The number of benzene rings is 8. The molecule has 0 fully saturated rings. The van der Waals surface area contributed by atoms with Gasteiger partial charge in [0.1, 0.15) is 0 Å². The largest absolute Gasteiger partial charge is 4.00 e. The molecule has 0 aliphatic carbocycles. The number of hydrogen-bond acceptors (Lipinski definition) is 8. The predicted molar refractivity (Wildman–Crippen MR) is 375 cm³/mol. The first-order chi connectivity index (χ1) is 38.7. The van der Waals surface area contributed by atoms with E-state index in [4.69, 9.17) is 99.4 Å². The van der Waals surface area contributed by atoms with Gasteiger partial charge in [-0.25, -0.2) is 0 Å². The Morgan fingerprint density at radius 2 is 0.333 bits per heavy atom. The van der Waals surface area contributed by atoms with Crippen LogP contribution in [0.5, 0.6) is 0 Å². The van der Waals surface area contributed by atoms with E-state index in [1.807, 2.05) is 68.1 Å². The molecule has 4 nitrogen and oxygen atoms in total. The summed E-state index contributed by atoms with van der Waals surface area (Å²) in [4.78, 5) is 8.06. The van der Waals surface area contributed by atoms with Crippen molar-refractivity contribution < 1.29 is 21.1 Å². The maximum atomic E-state index is 5.34. The summed E-state index contributed by atoms with van der Waals surface area (Å²) in [6.07, 6.45) is 7.66. The third kappa shape index (κ3) is 18.4. The standard InChI is InChI=1S/4C17H19NS2.Mo/c4*1-3-13-9-5-7-11-15(13)18(17(19)20)16-12-8-6-10-14(16)4-2;/h4*5-12H,3-4H2,1-2H3,(H,19,20);/q;;;;+4/p-4. The van der Waals surface area contributed by atoms with Crippen molar-refractivity contribution in [3.63, 3.8) is 0 Å². The third-order valence-corrected chi connectivity index (χ3v) is 15.1. The first kappa shape index (κ1) is 68.4. The summed E-state index contributed by atoms with van der Waals surface area (Å²) < 4.78 is 1.86. The molecule has 0 amide bonds. The molecular weight excluding hydrogens is 1230 g/mol. The summed E-state index contributed by atoms with van der Waals surface area (Å²) in [5.41, 5.74) is 18.8. The fourth-order valence-electron chi connectivity index (χ4n) is 9.53. The van der Waals surface area contributed by atoms with Crippen LogP contribution in [-0.2, 0) is 123 Å². The van der Waals surface area contributed by atoms with Crippen LogP contribution in [0.2, 0.25) is 0 Å². The van der Waals surface area contributed by atoms with Crippen LogP contribution in [0, 0.1) is 0 Å². The fraction of sp³-hybridized carbons (Fsp3) is 0.235. The summed E-state index contributed by atoms with van der Waals surface area (Å²) in [6, 6.07) is 66.4. The number of rotatable bonds is 16. The molecule has 0 radical (unpaired) electrons. The molecule has 0 aliphatic rings. The van der Waals surface area contributed by atoms with Crippen molar-refractivity contribution in [1.29, 1.82) is 0 Å². The number of thiocarbonyl (C=S) groups is 4. The average Bonchev–Trinajstić information content (AvgIpc) is 3.49. The SMILES string of the molecule is CCc1ccccc1N(C(=S)[S-])c1ccccc1CC.CCc1ccccc1N(C(=S)[S-])c1ccccc1CC.CCc1ccccc1N(C(=S)[S-])c1ccccc1CC.CCc1ccccc1N(C(=S)[S-])c1ccccc1CC.[Mo+4]. The van der Waals surface area contributed by atoms with Crippen LogP contribution in [0.15, 0.2) is 194 Å². The topological polar surface area (TPSA) is 13.0 Å². The van der Waals surface area contributed by atoms with Crippen LogP contribution in [-0.4, -0.2) is 17.3 Å². The molecule has 0 saturated carbocycles. The van der Waals surface area contributed by atoms with Crippen LogP contribution in [0.1, 0.15) is 99.9 Å². The predicted octanol–water partition coefficient (Wildman–Crippen LogP) is 19.1. The van der Waals surface area contributed by atoms with E-state index in [-0.39, 0.29) is 21.1 Å². The minimum absolute atomic E-state index is 0. The molecule has 0 aromatic heterocycles. The molecule has 0 heterocycles. The third-order valence-electron chi connectivity index (χ3n) is 13.6. The van der Waals surface area contributed by atoms with Gasteiger partial charge in [0.2, 0.25) is 0 Å². The van der Waals surface area contributed by atoms with E-state index in [1.165, 1.54) is 44.5 Å². The van der Waals surface area contributed by atoms with Crippen LogP contribution in [0.4, 0.5) is 45.5 Å². The molecule has 0 N–H and O–H groups in total. The molecule has 0 aliphatic heterocycles. The summed E-state index contributed by atoms with van der Waals surface area (Å²) >= 11 is 42.7. The van der Waals surface area contributed by atoms with E-state index >= 15 is 0 Å². The van der Waals surface area contributed by atoms with Crippen molar-refractivity contribution in [3.8, 4) is 0 Å². The summed E-state index contributed by atoms with van der Waals surface area (Å²) in [7, 11) is 0. The normalized spacial score (nSPS) is 10.2. The first-order valence-corrected chi connectivity index (χ1v) is 30.7. The van der Waals surface area contributed by atoms with Gasteiger partial charge in [-0.05, 0) is 144 Å². The number of anilines is 8. The minimum Gasteiger partial charge on any atom is -0.411 e. The van der Waals surface area contributed by atoms with Gasteiger partial charge in [0.15, 0.2) is 0 Å². The molecule has 8 rings (SSSR count). The Balaban J connectivity index is 0.000000231. The fourth-order valence-corrected chi connectivity index (χ4v) is 11.1. The summed E-state index contributed by atoms with van der Waals surface area (Å²) in [6.45, 7) is 17.2. The molecule has 8 aromatic rings. The van der Waals surface area contributed by atoms with Crippen molar-refractivity contribution in [2.75, 3.05) is 19.6 Å². The number of hydrogen-bond donors (Lipinski definition) is 0. The molecule has 81 heavy (non-hydrogen) atoms. The summed E-state index contributed by atoms with van der Waals surface area (Å²) in [5.74, 6) is 0. The van der Waals surface area contributed by atoms with Gasteiger partial charge in [-0.2, -0.15) is 0 Å². The smallest absolute Gasteiger partial charge is 0.411 e. The quantitative estimate of drug-likeness (QED) is 0.0520. The van der Waals surface area contributed by atoms with Gasteiger partial charge in [-0.3, -0.25) is 0 Å². The van der Waals surface area contributed by atoms with Crippen LogP contribution in [0.25, 0.3) is 0 Å². The second-order valence-electron chi connectivity index (χ2n) is 18.3. The molecule has 0 atom stereocenters. The van der Waals surface area contributed by atoms with Crippen molar-refractivity contribution in [2.45, 2.75) is 107 Å². The van der Waals surface area contributed by atoms with Gasteiger partial charge in [-0.15, -0.1) is 0 Å². The van der Waals surface area contributed by atoms with E-state index in [0.717, 1.165) is 96.9 Å². The maximum absolute atomic E-state index is 5.34. The second kappa shape index (κ2) is 35.8. The van der Waals surface area contributed by atoms with E-state index in [9.17, 15) is 0 Å². The number of aryl methyl sites for hydroxylation is 8. The van der Waals surface area contributed by atoms with Gasteiger partial charge in [0.25, 0.3) is 0 Å². The van der Waals surface area contributed by atoms with E-state index in [0.29, 0.717) is 17.3 Å². The Hall–Kier alpha value is -5.11. The second-order valence-corrected chi connectivity index (χ2v) is 22.4.